The summed E-state index contributed by atoms with van der Waals surface area (Å²) in [5, 5.41) is 6.57. The Bertz CT molecular complexity index is 727. The summed E-state index contributed by atoms with van der Waals surface area (Å²) in [7, 11) is 1.63. The van der Waals surface area contributed by atoms with Gasteiger partial charge in [-0.25, -0.2) is 0 Å². The number of benzene rings is 1. The number of aryl methyl sites for hydroxylation is 3. The lowest BCUT2D eigenvalue weighted by molar-refractivity contribution is -0.133. The normalized spacial score (nSPS) is 10.5. The highest BCUT2D eigenvalue weighted by molar-refractivity contribution is 5.95. The van der Waals surface area contributed by atoms with Gasteiger partial charge in [-0.05, 0) is 31.4 Å². The standard InChI is InChI=1S/C18H24N4O3/c1-4-14-8-5-6-9-15(14)20-16(23)12-22(3)18(24)11-7-10-17-19-13(2)21-25-17/h5-6,8-9H,4,7,10-12H2,1-3H3,(H,20,23). The summed E-state index contributed by atoms with van der Waals surface area (Å²) in [4.78, 5) is 29.8. The minimum atomic E-state index is -0.204. The van der Waals surface area contributed by atoms with Gasteiger partial charge < -0.3 is 14.7 Å². The van der Waals surface area contributed by atoms with Crippen LogP contribution in [0.3, 0.4) is 0 Å². The molecule has 25 heavy (non-hydrogen) atoms. The molecular weight excluding hydrogens is 320 g/mol. The molecule has 1 aromatic carbocycles. The fourth-order valence-electron chi connectivity index (χ4n) is 2.47. The summed E-state index contributed by atoms with van der Waals surface area (Å²) in [6, 6.07) is 7.66. The number of rotatable bonds is 8. The molecular formula is C18H24N4O3. The van der Waals surface area contributed by atoms with Crippen LogP contribution < -0.4 is 5.32 Å². The van der Waals surface area contributed by atoms with Gasteiger partial charge in [0.15, 0.2) is 5.82 Å². The Labute approximate surface area is 147 Å². The molecule has 0 radical (unpaired) electrons. The maximum Gasteiger partial charge on any atom is 0.243 e. The molecule has 0 aliphatic carbocycles. The van der Waals surface area contributed by atoms with Gasteiger partial charge in [-0.3, -0.25) is 9.59 Å². The fourth-order valence-corrected chi connectivity index (χ4v) is 2.47. The molecule has 1 aromatic heterocycles. The minimum absolute atomic E-state index is 0.0244. The summed E-state index contributed by atoms with van der Waals surface area (Å²) in [6.07, 6.45) is 2.32. The lowest BCUT2D eigenvalue weighted by Gasteiger charge is -2.17. The minimum Gasteiger partial charge on any atom is -0.339 e. The number of hydrogen-bond donors (Lipinski definition) is 1. The molecule has 7 nitrogen and oxygen atoms in total. The van der Waals surface area contributed by atoms with Gasteiger partial charge in [0.05, 0.1) is 6.54 Å². The Morgan fingerprint density at radius 2 is 2.04 bits per heavy atom. The van der Waals surface area contributed by atoms with Gasteiger partial charge in [-0.15, -0.1) is 0 Å². The zero-order chi connectivity index (χ0) is 18.2. The van der Waals surface area contributed by atoms with E-state index in [1.54, 1.807) is 14.0 Å². The van der Waals surface area contributed by atoms with E-state index in [1.807, 2.05) is 31.2 Å². The summed E-state index contributed by atoms with van der Waals surface area (Å²) < 4.78 is 5.01. The zero-order valence-electron chi connectivity index (χ0n) is 14.9. The third kappa shape index (κ3) is 5.70. The number of hydrogen-bond acceptors (Lipinski definition) is 5. The SMILES string of the molecule is CCc1ccccc1NC(=O)CN(C)C(=O)CCCc1nc(C)no1. The molecule has 0 bridgehead atoms. The molecule has 2 rings (SSSR count). The van der Waals surface area contributed by atoms with Crippen LogP contribution in [0.15, 0.2) is 28.8 Å². The Kier molecular flexibility index (Phi) is 6.68. The molecule has 0 saturated heterocycles. The Balaban J connectivity index is 1.76. The summed E-state index contributed by atoms with van der Waals surface area (Å²) in [5.74, 6) is 0.823. The van der Waals surface area contributed by atoms with Crippen molar-refractivity contribution in [1.29, 1.82) is 0 Å². The van der Waals surface area contributed by atoms with Crippen LogP contribution >= 0.6 is 0 Å². The fraction of sp³-hybridized carbons (Fsp3) is 0.444. The number of amides is 2. The lowest BCUT2D eigenvalue weighted by Crippen LogP contribution is -2.35. The number of para-hydroxylation sites is 1. The first-order valence-corrected chi connectivity index (χ1v) is 8.40. The maximum atomic E-state index is 12.2. The highest BCUT2D eigenvalue weighted by atomic mass is 16.5. The van der Waals surface area contributed by atoms with Gasteiger partial charge in [-0.1, -0.05) is 30.3 Å². The monoisotopic (exact) mass is 344 g/mol. The largest absolute Gasteiger partial charge is 0.339 e. The molecule has 2 aromatic rings. The van der Waals surface area contributed by atoms with Crippen LogP contribution in [-0.4, -0.2) is 40.4 Å². The van der Waals surface area contributed by atoms with Gasteiger partial charge in [0, 0.05) is 25.6 Å². The second-order valence-corrected chi connectivity index (χ2v) is 5.90. The van der Waals surface area contributed by atoms with Gasteiger partial charge in [0.1, 0.15) is 0 Å². The average molecular weight is 344 g/mol. The number of likely N-dealkylation sites (N-methyl/N-ethyl adjacent to an activating group) is 1. The third-order valence-electron chi connectivity index (χ3n) is 3.83. The number of carbonyl (C=O) groups excluding carboxylic acids is 2. The van der Waals surface area contributed by atoms with Crippen molar-refractivity contribution < 1.29 is 14.1 Å². The van der Waals surface area contributed by atoms with E-state index in [-0.39, 0.29) is 18.4 Å². The maximum absolute atomic E-state index is 12.2. The molecule has 0 aliphatic rings. The molecule has 7 heteroatoms. The van der Waals surface area contributed by atoms with E-state index in [0.717, 1.165) is 17.7 Å². The Morgan fingerprint density at radius 3 is 2.72 bits per heavy atom. The first-order valence-electron chi connectivity index (χ1n) is 8.40. The first kappa shape index (κ1) is 18.6. The van der Waals surface area contributed by atoms with Crippen LogP contribution in [0.1, 0.15) is 37.0 Å². The van der Waals surface area contributed by atoms with Crippen molar-refractivity contribution in [1.82, 2.24) is 15.0 Å². The lowest BCUT2D eigenvalue weighted by atomic mass is 10.1. The van der Waals surface area contributed by atoms with Crippen LogP contribution in [-0.2, 0) is 22.4 Å². The molecule has 0 unspecified atom stereocenters. The topological polar surface area (TPSA) is 88.3 Å². The van der Waals surface area contributed by atoms with E-state index in [1.165, 1.54) is 4.90 Å². The summed E-state index contributed by atoms with van der Waals surface area (Å²) in [5.41, 5.74) is 1.86. The average Bonchev–Trinajstić information content (AvgIpc) is 3.00. The van der Waals surface area contributed by atoms with Crippen molar-refractivity contribution in [3.05, 3.63) is 41.5 Å². The number of anilines is 1. The van der Waals surface area contributed by atoms with Gasteiger partial charge in [-0.2, -0.15) is 4.98 Å². The van der Waals surface area contributed by atoms with Crippen molar-refractivity contribution in [3.63, 3.8) is 0 Å². The highest BCUT2D eigenvalue weighted by Crippen LogP contribution is 2.15. The van der Waals surface area contributed by atoms with Crippen molar-refractivity contribution in [2.75, 3.05) is 18.9 Å². The van der Waals surface area contributed by atoms with Crippen LogP contribution in [0.5, 0.6) is 0 Å². The number of nitrogens with one attached hydrogen (secondary N) is 1. The van der Waals surface area contributed by atoms with E-state index in [2.05, 4.69) is 15.5 Å². The van der Waals surface area contributed by atoms with Gasteiger partial charge in [0.2, 0.25) is 17.7 Å². The van der Waals surface area contributed by atoms with Crippen molar-refractivity contribution in [2.24, 2.45) is 0 Å². The van der Waals surface area contributed by atoms with Crippen molar-refractivity contribution >= 4 is 17.5 Å². The number of nitrogens with zero attached hydrogens (tertiary/aromatic N) is 3. The molecule has 0 saturated carbocycles. The zero-order valence-corrected chi connectivity index (χ0v) is 14.9. The predicted molar refractivity (Wildman–Crippen MR) is 94.1 cm³/mol. The predicted octanol–water partition coefficient (Wildman–Crippen LogP) is 2.36. The van der Waals surface area contributed by atoms with Crippen LogP contribution in [0.25, 0.3) is 0 Å². The summed E-state index contributed by atoms with van der Waals surface area (Å²) >= 11 is 0. The Morgan fingerprint density at radius 1 is 1.28 bits per heavy atom. The van der Waals surface area contributed by atoms with E-state index in [9.17, 15) is 9.59 Å². The van der Waals surface area contributed by atoms with Crippen LogP contribution in [0.2, 0.25) is 0 Å². The molecule has 0 atom stereocenters. The van der Waals surface area contributed by atoms with Crippen LogP contribution in [0, 0.1) is 6.92 Å². The molecule has 134 valence electrons. The first-order chi connectivity index (χ1) is 12.0. The van der Waals surface area contributed by atoms with E-state index in [4.69, 9.17) is 4.52 Å². The third-order valence-corrected chi connectivity index (χ3v) is 3.83. The molecule has 0 aliphatic heterocycles. The van der Waals surface area contributed by atoms with E-state index < -0.39 is 0 Å². The molecule has 1 heterocycles. The van der Waals surface area contributed by atoms with Gasteiger partial charge in [0.25, 0.3) is 0 Å². The highest BCUT2D eigenvalue weighted by Gasteiger charge is 2.14. The quantitative estimate of drug-likeness (QED) is 0.794. The van der Waals surface area contributed by atoms with Crippen molar-refractivity contribution in [3.8, 4) is 0 Å². The van der Waals surface area contributed by atoms with Crippen molar-refractivity contribution in [2.45, 2.75) is 39.5 Å². The molecule has 0 spiro atoms. The molecule has 1 N–H and O–H groups in total. The number of carbonyl (C=O) groups is 2. The molecule has 2 amide bonds. The second kappa shape index (κ2) is 8.96. The second-order valence-electron chi connectivity index (χ2n) is 5.90. The smallest absolute Gasteiger partial charge is 0.243 e. The van der Waals surface area contributed by atoms with E-state index in [0.29, 0.717) is 31.0 Å². The van der Waals surface area contributed by atoms with Crippen LogP contribution in [0.4, 0.5) is 5.69 Å². The van der Waals surface area contributed by atoms with Gasteiger partial charge >= 0.3 is 0 Å². The summed E-state index contributed by atoms with van der Waals surface area (Å²) in [6.45, 7) is 3.81. The van der Waals surface area contributed by atoms with E-state index >= 15 is 0 Å². The Hall–Kier alpha value is -2.70. The number of aromatic nitrogens is 2. The molecule has 0 fully saturated rings.